The number of rotatable bonds is 28. The van der Waals surface area contributed by atoms with E-state index < -0.39 is 0 Å². The molecule has 0 N–H and O–H groups in total. The molecule has 0 heterocycles. The van der Waals surface area contributed by atoms with E-state index in [0.717, 1.165) is 62.7 Å². The lowest BCUT2D eigenvalue weighted by atomic mass is 9.48. The second-order valence-corrected chi connectivity index (χ2v) is 16.1. The maximum atomic E-state index is 12.7. The second-order valence-electron chi connectivity index (χ2n) is 16.1. The summed E-state index contributed by atoms with van der Waals surface area (Å²) in [6.07, 6.45) is 34.5. The normalized spacial score (nSPS) is 23.5. The van der Waals surface area contributed by atoms with Crippen LogP contribution in [0.3, 0.4) is 0 Å². The van der Waals surface area contributed by atoms with Gasteiger partial charge in [0.05, 0.1) is 12.3 Å². The van der Waals surface area contributed by atoms with Gasteiger partial charge in [0, 0.05) is 19.4 Å². The largest absolute Gasteiger partial charge is 0.465 e. The number of ether oxygens (including phenoxy) is 3. The molecule has 0 aromatic carbocycles. The second kappa shape index (κ2) is 24.1. The molecule has 4 aliphatic carbocycles. The van der Waals surface area contributed by atoms with E-state index in [9.17, 15) is 14.4 Å². The first-order valence-electron chi connectivity index (χ1n) is 20.2. The van der Waals surface area contributed by atoms with Crippen LogP contribution in [0.5, 0.6) is 0 Å². The van der Waals surface area contributed by atoms with Gasteiger partial charge in [-0.25, -0.2) is 0 Å². The van der Waals surface area contributed by atoms with Crippen LogP contribution in [0.15, 0.2) is 24.3 Å². The number of allylic oxidation sites excluding steroid dienone is 4. The molecule has 1 atom stereocenters. The molecule has 7 nitrogen and oxygen atoms in total. The molecule has 4 fully saturated rings. The molecule has 0 aliphatic heterocycles. The summed E-state index contributed by atoms with van der Waals surface area (Å²) in [5, 5.41) is 0. The molecular formula is C42H71NO6. The van der Waals surface area contributed by atoms with Crippen LogP contribution in [0.2, 0.25) is 0 Å². The van der Waals surface area contributed by atoms with Crippen molar-refractivity contribution >= 4 is 17.9 Å². The number of hydrogen-bond donors (Lipinski definition) is 0. The Bertz CT molecular complexity index is 968. The van der Waals surface area contributed by atoms with Crippen molar-refractivity contribution in [3.05, 3.63) is 24.3 Å². The molecule has 0 radical (unpaired) electrons. The van der Waals surface area contributed by atoms with Gasteiger partial charge < -0.3 is 19.1 Å². The SMILES string of the molecule is CCCCC/C=C\C/C=C\CCCCCCCCC(=O)OCC(COC(=O)CCCC12CC3CC(CC(C3)C1)C2)COC(=O)CCN(C)C. The van der Waals surface area contributed by atoms with Crippen molar-refractivity contribution in [1.82, 2.24) is 4.90 Å². The van der Waals surface area contributed by atoms with E-state index in [1.165, 1.54) is 83.5 Å². The minimum absolute atomic E-state index is 0.0744. The van der Waals surface area contributed by atoms with E-state index in [1.54, 1.807) is 0 Å². The summed E-state index contributed by atoms with van der Waals surface area (Å²) in [6, 6.07) is 0. The Morgan fingerprint density at radius 1 is 0.633 bits per heavy atom. The van der Waals surface area contributed by atoms with Crippen LogP contribution in [0, 0.1) is 29.1 Å². The molecule has 280 valence electrons. The lowest BCUT2D eigenvalue weighted by Crippen LogP contribution is -2.45. The van der Waals surface area contributed by atoms with Crippen LogP contribution in [-0.4, -0.2) is 63.3 Å². The van der Waals surface area contributed by atoms with E-state index in [4.69, 9.17) is 14.2 Å². The quantitative estimate of drug-likeness (QED) is 0.0351. The molecule has 0 aromatic heterocycles. The lowest BCUT2D eigenvalue weighted by molar-refractivity contribution is -0.153. The van der Waals surface area contributed by atoms with Crippen LogP contribution < -0.4 is 0 Å². The fourth-order valence-corrected chi connectivity index (χ4v) is 8.77. The number of hydrogen-bond acceptors (Lipinski definition) is 7. The van der Waals surface area contributed by atoms with Gasteiger partial charge in [-0.3, -0.25) is 14.4 Å². The maximum absolute atomic E-state index is 12.7. The Morgan fingerprint density at radius 2 is 1.10 bits per heavy atom. The predicted molar refractivity (Wildman–Crippen MR) is 198 cm³/mol. The minimum Gasteiger partial charge on any atom is -0.465 e. The third-order valence-corrected chi connectivity index (χ3v) is 11.0. The van der Waals surface area contributed by atoms with Crippen LogP contribution in [-0.2, 0) is 28.6 Å². The van der Waals surface area contributed by atoms with Gasteiger partial charge in [-0.05, 0) is 127 Å². The van der Waals surface area contributed by atoms with Crippen molar-refractivity contribution in [2.75, 3.05) is 40.5 Å². The third kappa shape index (κ3) is 18.1. The van der Waals surface area contributed by atoms with E-state index >= 15 is 0 Å². The van der Waals surface area contributed by atoms with Gasteiger partial charge in [0.25, 0.3) is 0 Å². The molecule has 4 aliphatic rings. The summed E-state index contributed by atoms with van der Waals surface area (Å²) in [7, 11) is 3.82. The van der Waals surface area contributed by atoms with Crippen molar-refractivity contribution < 1.29 is 28.6 Å². The highest BCUT2D eigenvalue weighted by molar-refractivity contribution is 5.70. The number of nitrogens with zero attached hydrogens (tertiary/aromatic N) is 1. The zero-order chi connectivity index (χ0) is 35.2. The molecule has 1 unspecified atom stereocenters. The highest BCUT2D eigenvalue weighted by Crippen LogP contribution is 2.61. The first-order valence-corrected chi connectivity index (χ1v) is 20.2. The van der Waals surface area contributed by atoms with E-state index in [-0.39, 0.29) is 50.1 Å². The molecule has 4 saturated carbocycles. The van der Waals surface area contributed by atoms with Crippen LogP contribution in [0.1, 0.15) is 155 Å². The zero-order valence-electron chi connectivity index (χ0n) is 31.6. The molecular weight excluding hydrogens is 614 g/mol. The average Bonchev–Trinajstić information content (AvgIpc) is 3.06. The highest BCUT2D eigenvalue weighted by atomic mass is 16.6. The monoisotopic (exact) mass is 686 g/mol. The smallest absolute Gasteiger partial charge is 0.307 e. The topological polar surface area (TPSA) is 82.1 Å². The van der Waals surface area contributed by atoms with Gasteiger partial charge in [0.15, 0.2) is 0 Å². The predicted octanol–water partition coefficient (Wildman–Crippen LogP) is 9.77. The Hall–Kier alpha value is -2.15. The highest BCUT2D eigenvalue weighted by Gasteiger charge is 2.50. The van der Waals surface area contributed by atoms with Crippen molar-refractivity contribution in [2.45, 2.75) is 155 Å². The first kappa shape index (κ1) is 41.3. The number of carbonyl (C=O) groups is 3. The first-order chi connectivity index (χ1) is 23.8. The van der Waals surface area contributed by atoms with Crippen LogP contribution in [0.25, 0.3) is 0 Å². The number of carbonyl (C=O) groups excluding carboxylic acids is 3. The van der Waals surface area contributed by atoms with Gasteiger partial charge in [0.1, 0.15) is 19.8 Å². The summed E-state index contributed by atoms with van der Waals surface area (Å²) in [4.78, 5) is 39.4. The fraction of sp³-hybridized carbons (Fsp3) is 0.833. The molecule has 4 rings (SSSR count). The Morgan fingerprint density at radius 3 is 1.63 bits per heavy atom. The van der Waals surface area contributed by atoms with Gasteiger partial charge >= 0.3 is 17.9 Å². The van der Waals surface area contributed by atoms with Gasteiger partial charge in [-0.15, -0.1) is 0 Å². The van der Waals surface area contributed by atoms with Crippen molar-refractivity contribution in [3.63, 3.8) is 0 Å². The van der Waals surface area contributed by atoms with Gasteiger partial charge in [0.2, 0.25) is 0 Å². The van der Waals surface area contributed by atoms with Crippen molar-refractivity contribution in [2.24, 2.45) is 29.1 Å². The minimum atomic E-state index is -0.366. The van der Waals surface area contributed by atoms with Crippen molar-refractivity contribution in [1.29, 1.82) is 0 Å². The van der Waals surface area contributed by atoms with Gasteiger partial charge in [-0.1, -0.05) is 69.8 Å². The summed E-state index contributed by atoms with van der Waals surface area (Å²) < 4.78 is 16.7. The van der Waals surface area contributed by atoms with E-state index in [2.05, 4.69) is 31.2 Å². The average molecular weight is 686 g/mol. The number of esters is 3. The summed E-state index contributed by atoms with van der Waals surface area (Å²) in [5.74, 6) is 1.65. The fourth-order valence-electron chi connectivity index (χ4n) is 8.77. The summed E-state index contributed by atoms with van der Waals surface area (Å²) in [6.45, 7) is 3.10. The molecule has 0 spiro atoms. The van der Waals surface area contributed by atoms with Gasteiger partial charge in [-0.2, -0.15) is 0 Å². The Kier molecular flexibility index (Phi) is 20.3. The number of unbranched alkanes of at least 4 members (excludes halogenated alkanes) is 9. The lowest BCUT2D eigenvalue weighted by Gasteiger charge is -2.57. The Labute approximate surface area is 299 Å². The molecule has 7 heteroatoms. The molecule has 49 heavy (non-hydrogen) atoms. The van der Waals surface area contributed by atoms with Crippen LogP contribution in [0.4, 0.5) is 0 Å². The van der Waals surface area contributed by atoms with Crippen molar-refractivity contribution in [3.8, 4) is 0 Å². The zero-order valence-corrected chi connectivity index (χ0v) is 31.6. The molecule has 4 bridgehead atoms. The third-order valence-electron chi connectivity index (χ3n) is 11.0. The van der Waals surface area contributed by atoms with E-state index in [0.29, 0.717) is 24.8 Å². The molecule has 0 saturated heterocycles. The molecule has 0 amide bonds. The summed E-state index contributed by atoms with van der Waals surface area (Å²) >= 11 is 0. The standard InChI is InChI=1S/C42H71NO6/c1-4-5-6-7-8-9-10-11-12-13-14-15-16-17-18-19-21-39(44)47-32-38(34-49-41(46)23-25-43(2)3)33-48-40(45)22-20-24-42-29-35-26-36(30-42)28-37(27-35)31-42/h8-9,11-12,35-38H,4-7,10,13-34H2,1-3H3/b9-8-,12-11-. The molecule has 0 aromatic rings. The Balaban J connectivity index is 1.25. The van der Waals surface area contributed by atoms with Crippen LogP contribution >= 0.6 is 0 Å². The van der Waals surface area contributed by atoms with E-state index in [1.807, 2.05) is 19.0 Å². The summed E-state index contributed by atoms with van der Waals surface area (Å²) in [5.41, 5.74) is 0.467. The maximum Gasteiger partial charge on any atom is 0.307 e.